The summed E-state index contributed by atoms with van der Waals surface area (Å²) in [5, 5.41) is 1.40. The zero-order valence-electron chi connectivity index (χ0n) is 12.7. The van der Waals surface area contributed by atoms with Crippen LogP contribution in [0.15, 0.2) is 30.5 Å². The molecule has 0 radical (unpaired) electrons. The van der Waals surface area contributed by atoms with Crippen LogP contribution in [0.3, 0.4) is 0 Å². The van der Waals surface area contributed by atoms with E-state index in [2.05, 4.69) is 45.2 Å². The molecule has 1 aromatic carbocycles. The van der Waals surface area contributed by atoms with Crippen molar-refractivity contribution in [1.82, 2.24) is 14.8 Å². The lowest BCUT2D eigenvalue weighted by Crippen LogP contribution is -2.55. The first kappa shape index (κ1) is 13.4. The Balaban J connectivity index is 1.38. The fourth-order valence-corrected chi connectivity index (χ4v) is 4.04. The van der Waals surface area contributed by atoms with Crippen molar-refractivity contribution in [3.05, 3.63) is 36.0 Å². The van der Waals surface area contributed by atoms with E-state index in [-0.39, 0.29) is 0 Å². The highest BCUT2D eigenvalue weighted by Crippen LogP contribution is 2.22. The van der Waals surface area contributed by atoms with Gasteiger partial charge in [0, 0.05) is 49.3 Å². The normalized spacial score (nSPS) is 24.3. The zero-order chi connectivity index (χ0) is 14.1. The number of aromatic nitrogens is 1. The third-order valence-electron chi connectivity index (χ3n) is 5.29. The van der Waals surface area contributed by atoms with Gasteiger partial charge < -0.3 is 9.88 Å². The van der Waals surface area contributed by atoms with Crippen LogP contribution in [0.5, 0.6) is 0 Å². The van der Waals surface area contributed by atoms with Crippen molar-refractivity contribution in [2.24, 2.45) is 0 Å². The summed E-state index contributed by atoms with van der Waals surface area (Å²) >= 11 is 0. The summed E-state index contributed by atoms with van der Waals surface area (Å²) in [6.07, 6.45) is 7.60. The molecule has 3 heterocycles. The number of benzene rings is 1. The number of piperidine rings is 1. The molecule has 2 fully saturated rings. The molecule has 0 spiro atoms. The number of nitrogens with zero attached hydrogens (tertiary/aromatic N) is 2. The predicted octanol–water partition coefficient (Wildman–Crippen LogP) is 2.88. The SMILES string of the molecule is c1ccc2c(CCN3CCN4CCCC[C@H]4C3)c[nH]c2c1. The smallest absolute Gasteiger partial charge is 0.0456 e. The van der Waals surface area contributed by atoms with E-state index in [0.29, 0.717) is 0 Å². The summed E-state index contributed by atoms with van der Waals surface area (Å²) in [4.78, 5) is 8.78. The summed E-state index contributed by atoms with van der Waals surface area (Å²) in [5.74, 6) is 0. The van der Waals surface area contributed by atoms with Gasteiger partial charge in [-0.25, -0.2) is 0 Å². The van der Waals surface area contributed by atoms with E-state index in [1.54, 1.807) is 0 Å². The van der Waals surface area contributed by atoms with Crippen molar-refractivity contribution in [2.45, 2.75) is 31.7 Å². The molecule has 0 aliphatic carbocycles. The lowest BCUT2D eigenvalue weighted by Gasteiger charge is -2.44. The summed E-state index contributed by atoms with van der Waals surface area (Å²) in [6, 6.07) is 9.47. The highest BCUT2D eigenvalue weighted by Gasteiger charge is 2.28. The van der Waals surface area contributed by atoms with E-state index in [0.717, 1.165) is 12.5 Å². The van der Waals surface area contributed by atoms with Gasteiger partial charge in [-0.05, 0) is 37.4 Å². The number of piperazine rings is 1. The van der Waals surface area contributed by atoms with Gasteiger partial charge >= 0.3 is 0 Å². The minimum absolute atomic E-state index is 0.829. The molecule has 21 heavy (non-hydrogen) atoms. The van der Waals surface area contributed by atoms with Gasteiger partial charge in [0.05, 0.1) is 0 Å². The van der Waals surface area contributed by atoms with Crippen molar-refractivity contribution >= 4 is 10.9 Å². The van der Waals surface area contributed by atoms with Crippen LogP contribution >= 0.6 is 0 Å². The van der Waals surface area contributed by atoms with Crippen molar-refractivity contribution in [1.29, 1.82) is 0 Å². The molecule has 2 aliphatic heterocycles. The Morgan fingerprint density at radius 1 is 1.10 bits per heavy atom. The Morgan fingerprint density at radius 3 is 3.05 bits per heavy atom. The van der Waals surface area contributed by atoms with Gasteiger partial charge in [0.15, 0.2) is 0 Å². The molecule has 1 N–H and O–H groups in total. The Bertz CT molecular complexity index is 603. The molecule has 2 aliphatic rings. The second-order valence-electron chi connectivity index (χ2n) is 6.60. The van der Waals surface area contributed by atoms with Crippen molar-refractivity contribution in [2.75, 3.05) is 32.7 Å². The molecule has 0 saturated carbocycles. The molecular formula is C18H25N3. The molecule has 0 unspecified atom stereocenters. The molecule has 3 heteroatoms. The van der Waals surface area contributed by atoms with Gasteiger partial charge in [0.1, 0.15) is 0 Å². The average Bonchev–Trinajstić information content (AvgIpc) is 2.96. The highest BCUT2D eigenvalue weighted by atomic mass is 15.3. The summed E-state index contributed by atoms with van der Waals surface area (Å²) in [7, 11) is 0. The number of nitrogens with one attached hydrogen (secondary N) is 1. The summed E-state index contributed by atoms with van der Waals surface area (Å²) in [5.41, 5.74) is 2.74. The largest absolute Gasteiger partial charge is 0.361 e. The van der Waals surface area contributed by atoms with Gasteiger partial charge in [-0.15, -0.1) is 0 Å². The number of H-pyrrole nitrogens is 1. The first-order valence-corrected chi connectivity index (χ1v) is 8.41. The van der Waals surface area contributed by atoms with Gasteiger partial charge in [0.2, 0.25) is 0 Å². The van der Waals surface area contributed by atoms with E-state index in [4.69, 9.17) is 0 Å². The minimum Gasteiger partial charge on any atom is -0.361 e. The van der Waals surface area contributed by atoms with Crippen molar-refractivity contribution in [3.63, 3.8) is 0 Å². The number of para-hydroxylation sites is 1. The van der Waals surface area contributed by atoms with Crippen LogP contribution in [0, 0.1) is 0 Å². The van der Waals surface area contributed by atoms with E-state index < -0.39 is 0 Å². The van der Waals surface area contributed by atoms with Crippen LogP contribution in [-0.2, 0) is 6.42 Å². The zero-order valence-corrected chi connectivity index (χ0v) is 12.7. The predicted molar refractivity (Wildman–Crippen MR) is 87.7 cm³/mol. The van der Waals surface area contributed by atoms with Crippen LogP contribution in [-0.4, -0.2) is 53.5 Å². The second kappa shape index (κ2) is 5.82. The maximum absolute atomic E-state index is 3.39. The van der Waals surface area contributed by atoms with E-state index in [1.165, 1.54) is 68.5 Å². The quantitative estimate of drug-likeness (QED) is 0.936. The lowest BCUT2D eigenvalue weighted by atomic mass is 9.99. The topological polar surface area (TPSA) is 22.3 Å². The minimum atomic E-state index is 0.829. The second-order valence-corrected chi connectivity index (χ2v) is 6.60. The molecule has 2 saturated heterocycles. The molecule has 3 nitrogen and oxygen atoms in total. The maximum Gasteiger partial charge on any atom is 0.0456 e. The average molecular weight is 283 g/mol. The molecule has 4 rings (SSSR count). The first-order chi connectivity index (χ1) is 10.4. The molecular weight excluding hydrogens is 258 g/mol. The van der Waals surface area contributed by atoms with Crippen molar-refractivity contribution in [3.8, 4) is 0 Å². The summed E-state index contributed by atoms with van der Waals surface area (Å²) < 4.78 is 0. The monoisotopic (exact) mass is 283 g/mol. The highest BCUT2D eigenvalue weighted by molar-refractivity contribution is 5.83. The molecule has 1 atom stereocenters. The van der Waals surface area contributed by atoms with E-state index in [9.17, 15) is 0 Å². The first-order valence-electron chi connectivity index (χ1n) is 8.41. The van der Waals surface area contributed by atoms with Gasteiger partial charge in [-0.1, -0.05) is 24.6 Å². The van der Waals surface area contributed by atoms with E-state index >= 15 is 0 Å². The Kier molecular flexibility index (Phi) is 3.70. The van der Waals surface area contributed by atoms with E-state index in [1.807, 2.05) is 0 Å². The van der Waals surface area contributed by atoms with Crippen molar-refractivity contribution < 1.29 is 0 Å². The number of fused-ring (bicyclic) bond motifs is 2. The standard InChI is InChI=1S/C18H25N3/c1-2-7-18-17(6-1)15(13-19-18)8-10-20-11-12-21-9-4-3-5-16(21)14-20/h1-2,6-7,13,16,19H,3-5,8-12,14H2/t16-/m0/s1. The Morgan fingerprint density at radius 2 is 2.05 bits per heavy atom. The number of hydrogen-bond acceptors (Lipinski definition) is 2. The number of hydrogen-bond donors (Lipinski definition) is 1. The number of aromatic amines is 1. The molecule has 0 amide bonds. The molecule has 112 valence electrons. The van der Waals surface area contributed by atoms with Gasteiger partial charge in [0.25, 0.3) is 0 Å². The molecule has 2 aromatic rings. The van der Waals surface area contributed by atoms with Crippen LogP contribution in [0.1, 0.15) is 24.8 Å². The van der Waals surface area contributed by atoms with Gasteiger partial charge in [-0.2, -0.15) is 0 Å². The molecule has 1 aromatic heterocycles. The fourth-order valence-electron chi connectivity index (χ4n) is 4.04. The van der Waals surface area contributed by atoms with Crippen LogP contribution < -0.4 is 0 Å². The summed E-state index contributed by atoms with van der Waals surface area (Å²) in [6.45, 7) is 6.34. The van der Waals surface area contributed by atoms with Crippen LogP contribution in [0.25, 0.3) is 10.9 Å². The third-order valence-corrected chi connectivity index (χ3v) is 5.29. The number of rotatable bonds is 3. The van der Waals surface area contributed by atoms with Crippen LogP contribution in [0.4, 0.5) is 0 Å². The van der Waals surface area contributed by atoms with Gasteiger partial charge in [-0.3, -0.25) is 4.90 Å². The molecule has 0 bridgehead atoms. The Labute approximate surface area is 126 Å². The third kappa shape index (κ3) is 2.72. The Hall–Kier alpha value is -1.32. The fraction of sp³-hybridized carbons (Fsp3) is 0.556. The lowest BCUT2D eigenvalue weighted by molar-refractivity contribution is 0.0501. The van der Waals surface area contributed by atoms with Crippen LogP contribution in [0.2, 0.25) is 0 Å². The maximum atomic E-state index is 3.39.